The highest BCUT2D eigenvalue weighted by atomic mass is 14.7. The number of rotatable bonds is 3. The summed E-state index contributed by atoms with van der Waals surface area (Å²) >= 11 is 0. The number of hydrogen-bond acceptors (Lipinski definition) is 1. The second kappa shape index (κ2) is 4.81. The fourth-order valence-corrected chi connectivity index (χ4v) is 2.07. The quantitative estimate of drug-likeness (QED) is 0.714. The summed E-state index contributed by atoms with van der Waals surface area (Å²) in [5.41, 5.74) is 2.76. The van der Waals surface area contributed by atoms with Crippen molar-refractivity contribution in [1.82, 2.24) is 5.23 Å². The van der Waals surface area contributed by atoms with Gasteiger partial charge in [-0.15, -0.1) is 0 Å². The molecule has 0 aliphatic heterocycles. The Bertz CT molecular complexity index is 360. The second-order valence-corrected chi connectivity index (χ2v) is 3.86. The molecule has 0 fully saturated rings. The Balaban J connectivity index is 2.34. The molecule has 0 spiro atoms. The van der Waals surface area contributed by atoms with Crippen molar-refractivity contribution in [2.75, 3.05) is 7.05 Å². The minimum absolute atomic E-state index is 0.594. The van der Waals surface area contributed by atoms with Gasteiger partial charge in [0, 0.05) is 0 Å². The zero-order valence-electron chi connectivity index (χ0n) is 8.98. The Morgan fingerprint density at radius 3 is 1.47 bits per heavy atom. The molecule has 2 rings (SSSR count). The third-order valence-electron chi connectivity index (χ3n) is 2.86. The molecule has 76 valence electrons. The van der Waals surface area contributed by atoms with Gasteiger partial charge in [0.15, 0.2) is 0 Å². The van der Waals surface area contributed by atoms with Gasteiger partial charge in [0.2, 0.25) is 0 Å². The molecule has 2 aromatic carbocycles. The van der Waals surface area contributed by atoms with Gasteiger partial charge in [-0.3, -0.25) is 0 Å². The molecule has 0 atom stereocenters. The minimum Gasteiger partial charge on any atom is -0.486 e. The van der Waals surface area contributed by atoms with Crippen LogP contribution in [0.2, 0.25) is 0 Å². The van der Waals surface area contributed by atoms with E-state index in [-0.39, 0.29) is 0 Å². The van der Waals surface area contributed by atoms with Crippen molar-refractivity contribution in [3.8, 4) is 0 Å². The van der Waals surface area contributed by atoms with Crippen LogP contribution >= 0.6 is 0 Å². The summed E-state index contributed by atoms with van der Waals surface area (Å²) in [4.78, 5) is 0. The molecule has 0 unspecified atom stereocenters. The van der Waals surface area contributed by atoms with Crippen LogP contribution in [0.5, 0.6) is 0 Å². The van der Waals surface area contributed by atoms with Gasteiger partial charge in [0.1, 0.15) is 0 Å². The lowest BCUT2D eigenvalue weighted by molar-refractivity contribution is 1.23. The van der Waals surface area contributed by atoms with E-state index < -0.39 is 6.85 Å². The number of hydrogen-bond donors (Lipinski definition) is 1. The van der Waals surface area contributed by atoms with Crippen LogP contribution in [0.4, 0.5) is 0 Å². The van der Waals surface area contributed by atoms with Crippen molar-refractivity contribution >= 4 is 17.8 Å². The molecule has 0 saturated carbocycles. The predicted molar refractivity (Wildman–Crippen MR) is 68.4 cm³/mol. The monoisotopic (exact) mass is 196 g/mol. The van der Waals surface area contributed by atoms with Gasteiger partial charge in [0.05, 0.1) is 6.85 Å². The third kappa shape index (κ3) is 2.28. The Kier molecular flexibility index (Phi) is 3.20. The standard InChI is InChI=1S/C13H15BN/c1-15-14(12-8-4-2-5-9-12)13-10-6-3-7-11-13/h2-11,14-15H,1H3/q-1. The maximum absolute atomic E-state index is 3.42. The summed E-state index contributed by atoms with van der Waals surface area (Å²) in [6, 6.07) is 21.2. The van der Waals surface area contributed by atoms with Gasteiger partial charge in [-0.2, -0.15) is 10.9 Å². The van der Waals surface area contributed by atoms with Gasteiger partial charge in [0.25, 0.3) is 0 Å². The van der Waals surface area contributed by atoms with Crippen molar-refractivity contribution in [2.45, 2.75) is 0 Å². The molecule has 0 radical (unpaired) electrons. The van der Waals surface area contributed by atoms with Crippen molar-refractivity contribution in [1.29, 1.82) is 0 Å². The van der Waals surface area contributed by atoms with Crippen molar-refractivity contribution in [3.63, 3.8) is 0 Å². The lowest BCUT2D eigenvalue weighted by Crippen LogP contribution is -2.52. The van der Waals surface area contributed by atoms with E-state index in [9.17, 15) is 0 Å². The van der Waals surface area contributed by atoms with Crippen LogP contribution in [0.25, 0.3) is 0 Å². The average Bonchev–Trinajstić information content (AvgIpc) is 2.33. The van der Waals surface area contributed by atoms with E-state index in [4.69, 9.17) is 0 Å². The molecule has 0 saturated heterocycles. The van der Waals surface area contributed by atoms with E-state index in [2.05, 4.69) is 65.9 Å². The van der Waals surface area contributed by atoms with Gasteiger partial charge in [-0.05, 0) is 0 Å². The van der Waals surface area contributed by atoms with Crippen LogP contribution in [0.15, 0.2) is 60.7 Å². The van der Waals surface area contributed by atoms with E-state index in [1.807, 2.05) is 7.05 Å². The van der Waals surface area contributed by atoms with Crippen LogP contribution in [0.1, 0.15) is 0 Å². The van der Waals surface area contributed by atoms with Crippen LogP contribution in [-0.4, -0.2) is 13.9 Å². The van der Waals surface area contributed by atoms with Crippen molar-refractivity contribution in [3.05, 3.63) is 60.7 Å². The van der Waals surface area contributed by atoms with Crippen LogP contribution in [-0.2, 0) is 0 Å². The molecule has 2 aromatic rings. The molecule has 0 amide bonds. The first kappa shape index (κ1) is 10.00. The summed E-state index contributed by atoms with van der Waals surface area (Å²) < 4.78 is 0. The largest absolute Gasteiger partial charge is 0.486 e. The molecular formula is C13H15BN-. The van der Waals surface area contributed by atoms with E-state index in [1.165, 1.54) is 10.9 Å². The number of nitrogens with one attached hydrogen (secondary N) is 1. The van der Waals surface area contributed by atoms with Gasteiger partial charge in [-0.25, -0.2) is 0 Å². The summed E-state index contributed by atoms with van der Waals surface area (Å²) in [6.45, 7) is -0.594. The van der Waals surface area contributed by atoms with E-state index >= 15 is 0 Å². The Morgan fingerprint density at radius 2 is 1.13 bits per heavy atom. The highest BCUT2D eigenvalue weighted by molar-refractivity contribution is 6.83. The first-order chi connectivity index (χ1) is 7.42. The van der Waals surface area contributed by atoms with Crippen molar-refractivity contribution < 1.29 is 0 Å². The molecule has 0 heterocycles. The minimum atomic E-state index is -0.594. The lowest BCUT2D eigenvalue weighted by atomic mass is 9.51. The maximum atomic E-state index is 3.42. The smallest absolute Gasteiger partial charge is 0.0996 e. The Hall–Kier alpha value is -1.54. The van der Waals surface area contributed by atoms with Gasteiger partial charge in [-0.1, -0.05) is 67.7 Å². The second-order valence-electron chi connectivity index (χ2n) is 3.86. The zero-order valence-corrected chi connectivity index (χ0v) is 8.98. The fraction of sp³-hybridized carbons (Fsp3) is 0.0769. The molecule has 1 nitrogen and oxygen atoms in total. The molecule has 0 aromatic heterocycles. The van der Waals surface area contributed by atoms with E-state index in [0.29, 0.717) is 0 Å². The molecule has 0 aliphatic carbocycles. The van der Waals surface area contributed by atoms with Gasteiger partial charge < -0.3 is 5.23 Å². The Morgan fingerprint density at radius 1 is 0.733 bits per heavy atom. The zero-order chi connectivity index (χ0) is 10.5. The maximum Gasteiger partial charge on any atom is 0.0996 e. The van der Waals surface area contributed by atoms with Crippen molar-refractivity contribution in [2.24, 2.45) is 0 Å². The molecule has 0 bridgehead atoms. The predicted octanol–water partition coefficient (Wildman–Crippen LogP) is 0.744. The fourth-order valence-electron chi connectivity index (χ4n) is 2.07. The topological polar surface area (TPSA) is 12.0 Å². The lowest BCUT2D eigenvalue weighted by Gasteiger charge is -2.24. The molecule has 15 heavy (non-hydrogen) atoms. The molecule has 0 aliphatic rings. The summed E-state index contributed by atoms with van der Waals surface area (Å²) in [5.74, 6) is 0. The number of benzene rings is 2. The first-order valence-corrected chi connectivity index (χ1v) is 5.38. The summed E-state index contributed by atoms with van der Waals surface area (Å²) in [5, 5.41) is 3.42. The van der Waals surface area contributed by atoms with Crippen LogP contribution in [0.3, 0.4) is 0 Å². The SMILES string of the molecule is CN[BH-](c1ccccc1)c1ccccc1. The summed E-state index contributed by atoms with van der Waals surface area (Å²) in [6.07, 6.45) is 0. The van der Waals surface area contributed by atoms with Crippen LogP contribution in [0, 0.1) is 0 Å². The third-order valence-corrected chi connectivity index (χ3v) is 2.86. The average molecular weight is 196 g/mol. The van der Waals surface area contributed by atoms with E-state index in [0.717, 1.165) is 0 Å². The summed E-state index contributed by atoms with van der Waals surface area (Å²) in [7, 11) is 2.03. The first-order valence-electron chi connectivity index (χ1n) is 5.38. The highest BCUT2D eigenvalue weighted by Crippen LogP contribution is 1.89. The molecule has 1 N–H and O–H groups in total. The van der Waals surface area contributed by atoms with Crippen LogP contribution < -0.4 is 16.2 Å². The highest BCUT2D eigenvalue weighted by Gasteiger charge is 2.03. The van der Waals surface area contributed by atoms with Gasteiger partial charge >= 0.3 is 0 Å². The normalized spacial score (nSPS) is 10.5. The van der Waals surface area contributed by atoms with E-state index in [1.54, 1.807) is 0 Å². The molecular weight excluding hydrogens is 181 g/mol. The molecule has 2 heteroatoms. The Labute approximate surface area is 91.2 Å².